The van der Waals surface area contributed by atoms with Gasteiger partial charge >= 0.3 is 0 Å². The van der Waals surface area contributed by atoms with Crippen molar-refractivity contribution < 1.29 is 4.79 Å². The summed E-state index contributed by atoms with van der Waals surface area (Å²) in [5.41, 5.74) is 1.02. The number of aromatic nitrogens is 5. The smallest absolute Gasteiger partial charge is 0.222 e. The fourth-order valence-corrected chi connectivity index (χ4v) is 3.51. The van der Waals surface area contributed by atoms with Crippen LogP contribution in [0.3, 0.4) is 0 Å². The fraction of sp³-hybridized carbons (Fsp3) is 0.611. The Morgan fingerprint density at radius 2 is 2.15 bits per heavy atom. The van der Waals surface area contributed by atoms with Crippen LogP contribution in [0, 0.1) is 5.92 Å². The molecule has 3 heterocycles. The van der Waals surface area contributed by atoms with Crippen LogP contribution < -0.4 is 4.90 Å². The molecule has 1 amide bonds. The quantitative estimate of drug-likeness (QED) is 0.745. The molecule has 1 aliphatic rings. The Kier molecular flexibility index (Phi) is 6.14. The first kappa shape index (κ1) is 18.3. The Balaban J connectivity index is 1.51. The van der Waals surface area contributed by atoms with Gasteiger partial charge in [0.15, 0.2) is 0 Å². The van der Waals surface area contributed by atoms with Crippen LogP contribution in [-0.4, -0.2) is 62.7 Å². The minimum atomic E-state index is 0.238. The summed E-state index contributed by atoms with van der Waals surface area (Å²) in [4.78, 5) is 29.4. The van der Waals surface area contributed by atoms with E-state index >= 15 is 0 Å². The molecule has 0 aromatic carbocycles. The van der Waals surface area contributed by atoms with E-state index in [2.05, 4.69) is 20.1 Å². The monoisotopic (exact) mass is 357 g/mol. The molecule has 1 aliphatic heterocycles. The highest BCUT2D eigenvalue weighted by molar-refractivity contribution is 5.76. The highest BCUT2D eigenvalue weighted by atomic mass is 16.2. The second kappa shape index (κ2) is 8.73. The third-order valence-corrected chi connectivity index (χ3v) is 4.77. The van der Waals surface area contributed by atoms with Crippen LogP contribution in [0.25, 0.3) is 0 Å². The third kappa shape index (κ3) is 4.77. The van der Waals surface area contributed by atoms with Crippen LogP contribution >= 0.6 is 0 Å². The van der Waals surface area contributed by atoms with Gasteiger partial charge in [-0.05, 0) is 31.6 Å². The van der Waals surface area contributed by atoms with Crippen molar-refractivity contribution in [2.75, 3.05) is 32.1 Å². The van der Waals surface area contributed by atoms with Gasteiger partial charge in [-0.2, -0.15) is 5.10 Å². The molecule has 0 unspecified atom stereocenters. The van der Waals surface area contributed by atoms with Crippen molar-refractivity contribution in [1.82, 2.24) is 29.6 Å². The van der Waals surface area contributed by atoms with Gasteiger partial charge in [0.2, 0.25) is 5.91 Å². The number of piperidine rings is 1. The van der Waals surface area contributed by atoms with Crippen LogP contribution in [0.2, 0.25) is 0 Å². The van der Waals surface area contributed by atoms with Gasteiger partial charge in [0.25, 0.3) is 0 Å². The second-order valence-electron chi connectivity index (χ2n) is 7.04. The van der Waals surface area contributed by atoms with Crippen molar-refractivity contribution in [3.8, 4) is 0 Å². The van der Waals surface area contributed by atoms with Crippen molar-refractivity contribution >= 4 is 11.7 Å². The molecule has 0 radical (unpaired) electrons. The minimum Gasteiger partial charge on any atom is -0.361 e. The standard InChI is InChI=1S/C18H27N7O/c1-23(2)18-16(20-7-8-21-18)11-15-5-3-9-24(12-15)17(26)6-4-10-25-14-19-13-22-25/h7-8,13-15H,3-6,9-12H2,1-2H3/t15-/m1/s1. The maximum absolute atomic E-state index is 12.5. The molecule has 0 saturated carbocycles. The zero-order valence-corrected chi connectivity index (χ0v) is 15.6. The lowest BCUT2D eigenvalue weighted by molar-refractivity contribution is -0.133. The van der Waals surface area contributed by atoms with E-state index in [-0.39, 0.29) is 5.91 Å². The topological polar surface area (TPSA) is 80.0 Å². The number of hydrogen-bond donors (Lipinski definition) is 0. The van der Waals surface area contributed by atoms with E-state index in [1.807, 2.05) is 23.9 Å². The molecule has 8 nitrogen and oxygen atoms in total. The minimum absolute atomic E-state index is 0.238. The van der Waals surface area contributed by atoms with E-state index in [9.17, 15) is 4.79 Å². The number of rotatable bonds is 7. The maximum Gasteiger partial charge on any atom is 0.222 e. The molecule has 2 aromatic rings. The molecule has 0 spiro atoms. The van der Waals surface area contributed by atoms with Crippen molar-refractivity contribution in [2.45, 2.75) is 38.6 Å². The average molecular weight is 357 g/mol. The Hall–Kier alpha value is -2.51. The summed E-state index contributed by atoms with van der Waals surface area (Å²) < 4.78 is 1.77. The molecule has 1 atom stereocenters. The Morgan fingerprint density at radius 3 is 2.92 bits per heavy atom. The molecular weight excluding hydrogens is 330 g/mol. The van der Waals surface area contributed by atoms with E-state index in [0.717, 1.165) is 56.8 Å². The van der Waals surface area contributed by atoms with Crippen LogP contribution in [0.5, 0.6) is 0 Å². The average Bonchev–Trinajstić information content (AvgIpc) is 3.15. The Bertz CT molecular complexity index is 701. The van der Waals surface area contributed by atoms with Crippen molar-refractivity contribution in [3.05, 3.63) is 30.7 Å². The number of nitrogens with zero attached hydrogens (tertiary/aromatic N) is 7. The molecule has 8 heteroatoms. The van der Waals surface area contributed by atoms with Gasteiger partial charge < -0.3 is 9.80 Å². The zero-order valence-electron chi connectivity index (χ0n) is 15.6. The molecule has 140 valence electrons. The summed E-state index contributed by atoms with van der Waals surface area (Å²) in [6, 6.07) is 0. The van der Waals surface area contributed by atoms with Crippen molar-refractivity contribution in [1.29, 1.82) is 0 Å². The predicted molar refractivity (Wildman–Crippen MR) is 98.6 cm³/mol. The number of carbonyl (C=O) groups excluding carboxylic acids is 1. The highest BCUT2D eigenvalue weighted by Crippen LogP contribution is 2.24. The largest absolute Gasteiger partial charge is 0.361 e. The fourth-order valence-electron chi connectivity index (χ4n) is 3.51. The van der Waals surface area contributed by atoms with Crippen LogP contribution in [-0.2, 0) is 17.8 Å². The summed E-state index contributed by atoms with van der Waals surface area (Å²) in [5.74, 6) is 1.60. The summed E-state index contributed by atoms with van der Waals surface area (Å²) in [6.07, 6.45) is 11.1. The zero-order chi connectivity index (χ0) is 18.4. The first-order chi connectivity index (χ1) is 12.6. The lowest BCUT2D eigenvalue weighted by Crippen LogP contribution is -2.40. The van der Waals surface area contributed by atoms with E-state index in [4.69, 9.17) is 0 Å². The number of likely N-dealkylation sites (tertiary alicyclic amines) is 1. The van der Waals surface area contributed by atoms with Gasteiger partial charge in [0.1, 0.15) is 18.5 Å². The normalized spacial score (nSPS) is 17.3. The van der Waals surface area contributed by atoms with Gasteiger partial charge in [-0.25, -0.2) is 9.97 Å². The number of aryl methyl sites for hydroxylation is 1. The van der Waals surface area contributed by atoms with Gasteiger partial charge in [-0.1, -0.05) is 0 Å². The van der Waals surface area contributed by atoms with Crippen molar-refractivity contribution in [2.24, 2.45) is 5.92 Å². The van der Waals surface area contributed by atoms with Crippen LogP contribution in [0.4, 0.5) is 5.82 Å². The summed E-state index contributed by atoms with van der Waals surface area (Å²) in [6.45, 7) is 2.40. The molecule has 0 aliphatic carbocycles. The van der Waals surface area contributed by atoms with Crippen LogP contribution in [0.1, 0.15) is 31.4 Å². The van der Waals surface area contributed by atoms with E-state index < -0.39 is 0 Å². The molecule has 1 saturated heterocycles. The lowest BCUT2D eigenvalue weighted by atomic mass is 9.93. The Morgan fingerprint density at radius 1 is 1.31 bits per heavy atom. The Labute approximate surface area is 154 Å². The highest BCUT2D eigenvalue weighted by Gasteiger charge is 2.25. The summed E-state index contributed by atoms with van der Waals surface area (Å²) >= 11 is 0. The lowest BCUT2D eigenvalue weighted by Gasteiger charge is -2.33. The first-order valence-corrected chi connectivity index (χ1v) is 9.21. The number of hydrogen-bond acceptors (Lipinski definition) is 6. The maximum atomic E-state index is 12.5. The first-order valence-electron chi connectivity index (χ1n) is 9.21. The molecule has 26 heavy (non-hydrogen) atoms. The van der Waals surface area contributed by atoms with E-state index in [1.54, 1.807) is 23.4 Å². The number of amides is 1. The van der Waals surface area contributed by atoms with Gasteiger partial charge in [0, 0.05) is 52.5 Å². The van der Waals surface area contributed by atoms with Gasteiger partial charge in [-0.3, -0.25) is 14.5 Å². The predicted octanol–water partition coefficient (Wildman–Crippen LogP) is 1.40. The SMILES string of the molecule is CN(C)c1nccnc1C[C@H]1CCCN(C(=O)CCCn2cncn2)C1. The van der Waals surface area contributed by atoms with Gasteiger partial charge in [0.05, 0.1) is 5.69 Å². The molecule has 1 fully saturated rings. The number of carbonyl (C=O) groups is 1. The third-order valence-electron chi connectivity index (χ3n) is 4.77. The molecule has 2 aromatic heterocycles. The molecule has 0 N–H and O–H groups in total. The van der Waals surface area contributed by atoms with E-state index in [1.165, 1.54) is 6.33 Å². The number of anilines is 1. The van der Waals surface area contributed by atoms with Crippen molar-refractivity contribution in [3.63, 3.8) is 0 Å². The molecule has 3 rings (SSSR count). The second-order valence-corrected chi connectivity index (χ2v) is 7.04. The van der Waals surface area contributed by atoms with Gasteiger partial charge in [-0.15, -0.1) is 0 Å². The van der Waals surface area contributed by atoms with Crippen LogP contribution in [0.15, 0.2) is 25.0 Å². The molecular formula is C18H27N7O. The van der Waals surface area contributed by atoms with E-state index in [0.29, 0.717) is 12.3 Å². The summed E-state index contributed by atoms with van der Waals surface area (Å²) in [5, 5.41) is 4.07. The molecule has 0 bridgehead atoms. The summed E-state index contributed by atoms with van der Waals surface area (Å²) in [7, 11) is 3.97.